The zero-order valence-corrected chi connectivity index (χ0v) is 12.5. The molecule has 2 rings (SSSR count). The van der Waals surface area contributed by atoms with Crippen LogP contribution < -0.4 is 16.0 Å². The molecule has 6 heteroatoms. The number of urea groups is 1. The summed E-state index contributed by atoms with van der Waals surface area (Å²) in [5.74, 6) is -0.151. The van der Waals surface area contributed by atoms with Gasteiger partial charge in [-0.05, 0) is 42.1 Å². The highest BCUT2D eigenvalue weighted by Gasteiger charge is 2.04. The number of benzene rings is 1. The summed E-state index contributed by atoms with van der Waals surface area (Å²) in [6.07, 6.45) is 0.820. The molecule has 3 N–H and O–H groups in total. The lowest BCUT2D eigenvalue weighted by atomic mass is 10.2. The lowest BCUT2D eigenvalue weighted by Gasteiger charge is -2.07. The van der Waals surface area contributed by atoms with Gasteiger partial charge in [-0.3, -0.25) is 4.79 Å². The molecular formula is C15H17N3O2S. The fraction of sp³-hybridized carbons (Fsp3) is 0.200. The van der Waals surface area contributed by atoms with Gasteiger partial charge in [-0.25, -0.2) is 4.79 Å². The van der Waals surface area contributed by atoms with Crippen LogP contribution in [0.2, 0.25) is 0 Å². The maximum Gasteiger partial charge on any atom is 0.319 e. The van der Waals surface area contributed by atoms with E-state index in [1.165, 1.54) is 4.88 Å². The molecule has 0 atom stereocenters. The predicted molar refractivity (Wildman–Crippen MR) is 84.9 cm³/mol. The SMILES string of the molecule is CNC(=O)c1ccc(NC(=O)NCCc2cccs2)cc1. The van der Waals surface area contributed by atoms with Crippen molar-refractivity contribution in [2.24, 2.45) is 0 Å². The van der Waals surface area contributed by atoms with Gasteiger partial charge in [0.1, 0.15) is 0 Å². The molecule has 3 amide bonds. The number of carbonyl (C=O) groups is 2. The molecule has 110 valence electrons. The molecule has 0 radical (unpaired) electrons. The van der Waals surface area contributed by atoms with Gasteiger partial charge in [-0.2, -0.15) is 0 Å². The molecular weight excluding hydrogens is 286 g/mol. The fourth-order valence-electron chi connectivity index (χ4n) is 1.78. The summed E-state index contributed by atoms with van der Waals surface area (Å²) >= 11 is 1.68. The average Bonchev–Trinajstić information content (AvgIpc) is 3.00. The van der Waals surface area contributed by atoms with E-state index in [0.717, 1.165) is 6.42 Å². The number of anilines is 1. The summed E-state index contributed by atoms with van der Waals surface area (Å²) in [6.45, 7) is 0.586. The molecule has 0 aliphatic carbocycles. The van der Waals surface area contributed by atoms with E-state index in [0.29, 0.717) is 17.8 Å². The highest BCUT2D eigenvalue weighted by molar-refractivity contribution is 7.09. The van der Waals surface area contributed by atoms with E-state index in [1.807, 2.05) is 17.5 Å². The molecule has 1 heterocycles. The standard InChI is InChI=1S/C15H17N3O2S/c1-16-14(19)11-4-6-12(7-5-11)18-15(20)17-9-8-13-3-2-10-21-13/h2-7,10H,8-9H2,1H3,(H,16,19)(H2,17,18,20). The van der Waals surface area contributed by atoms with Crippen LogP contribution in [0.1, 0.15) is 15.2 Å². The van der Waals surface area contributed by atoms with Crippen LogP contribution in [0.25, 0.3) is 0 Å². The molecule has 5 nitrogen and oxygen atoms in total. The summed E-state index contributed by atoms with van der Waals surface area (Å²) in [7, 11) is 1.58. The second-order valence-corrected chi connectivity index (χ2v) is 5.40. The third-order valence-corrected chi connectivity index (χ3v) is 3.81. The van der Waals surface area contributed by atoms with Crippen molar-refractivity contribution in [2.75, 3.05) is 18.9 Å². The maximum atomic E-state index is 11.7. The first-order valence-corrected chi connectivity index (χ1v) is 7.46. The van der Waals surface area contributed by atoms with E-state index < -0.39 is 0 Å². The first-order valence-electron chi connectivity index (χ1n) is 6.58. The van der Waals surface area contributed by atoms with Gasteiger partial charge in [0.15, 0.2) is 0 Å². The van der Waals surface area contributed by atoms with E-state index >= 15 is 0 Å². The molecule has 0 spiro atoms. The highest BCUT2D eigenvalue weighted by Crippen LogP contribution is 2.10. The van der Waals surface area contributed by atoms with Crippen molar-refractivity contribution in [1.29, 1.82) is 0 Å². The summed E-state index contributed by atoms with van der Waals surface area (Å²) in [6, 6.07) is 10.5. The Morgan fingerprint density at radius 3 is 2.52 bits per heavy atom. The molecule has 0 saturated carbocycles. The number of amides is 3. The Balaban J connectivity index is 1.78. The maximum absolute atomic E-state index is 11.7. The van der Waals surface area contributed by atoms with Crippen LogP contribution >= 0.6 is 11.3 Å². The molecule has 0 aliphatic heterocycles. The van der Waals surface area contributed by atoms with Gasteiger partial charge in [-0.15, -0.1) is 11.3 Å². The van der Waals surface area contributed by atoms with Gasteiger partial charge in [0.25, 0.3) is 5.91 Å². The van der Waals surface area contributed by atoms with Crippen LogP contribution in [0.4, 0.5) is 10.5 Å². The molecule has 1 aromatic carbocycles. The topological polar surface area (TPSA) is 70.2 Å². The third kappa shape index (κ3) is 4.61. The highest BCUT2D eigenvalue weighted by atomic mass is 32.1. The predicted octanol–water partition coefficient (Wildman–Crippen LogP) is 2.47. The molecule has 0 fully saturated rings. The molecule has 2 aromatic rings. The van der Waals surface area contributed by atoms with E-state index in [-0.39, 0.29) is 11.9 Å². The molecule has 0 bridgehead atoms. The first-order chi connectivity index (χ1) is 10.2. The summed E-state index contributed by atoms with van der Waals surface area (Å²) in [5.41, 5.74) is 1.21. The molecule has 0 unspecified atom stereocenters. The van der Waals surface area contributed by atoms with Gasteiger partial charge < -0.3 is 16.0 Å². The Kier molecular flexibility index (Phi) is 5.34. The van der Waals surface area contributed by atoms with Gasteiger partial charge in [0.2, 0.25) is 0 Å². The van der Waals surface area contributed by atoms with Crippen molar-refractivity contribution in [3.05, 3.63) is 52.2 Å². The van der Waals surface area contributed by atoms with E-state index in [4.69, 9.17) is 0 Å². The van der Waals surface area contributed by atoms with Gasteiger partial charge in [-0.1, -0.05) is 6.07 Å². The molecule has 0 saturated heterocycles. The number of thiophene rings is 1. The van der Waals surface area contributed by atoms with Gasteiger partial charge in [0.05, 0.1) is 0 Å². The summed E-state index contributed by atoms with van der Waals surface area (Å²) < 4.78 is 0. The number of rotatable bonds is 5. The van der Waals surface area contributed by atoms with Crippen LogP contribution in [0.5, 0.6) is 0 Å². The second kappa shape index (κ2) is 7.44. The normalized spacial score (nSPS) is 9.95. The Labute approximate surface area is 127 Å². The van der Waals surface area contributed by atoms with Crippen LogP contribution in [0, 0.1) is 0 Å². The van der Waals surface area contributed by atoms with Crippen molar-refractivity contribution in [1.82, 2.24) is 10.6 Å². The largest absolute Gasteiger partial charge is 0.355 e. The van der Waals surface area contributed by atoms with E-state index in [2.05, 4.69) is 16.0 Å². The molecule has 1 aromatic heterocycles. The van der Waals surface area contributed by atoms with Crippen molar-refractivity contribution >= 4 is 29.0 Å². The van der Waals surface area contributed by atoms with Crippen LogP contribution in [-0.2, 0) is 6.42 Å². The second-order valence-electron chi connectivity index (χ2n) is 4.37. The molecule has 0 aliphatic rings. The summed E-state index contributed by atoms with van der Waals surface area (Å²) in [4.78, 5) is 24.3. The van der Waals surface area contributed by atoms with Crippen LogP contribution in [0.3, 0.4) is 0 Å². The van der Waals surface area contributed by atoms with Crippen molar-refractivity contribution in [2.45, 2.75) is 6.42 Å². The number of nitrogens with one attached hydrogen (secondary N) is 3. The molecule has 21 heavy (non-hydrogen) atoms. The summed E-state index contributed by atoms with van der Waals surface area (Å²) in [5, 5.41) is 10.1. The minimum atomic E-state index is -0.251. The van der Waals surface area contributed by atoms with Gasteiger partial charge in [0, 0.05) is 29.7 Å². The smallest absolute Gasteiger partial charge is 0.319 e. The number of hydrogen-bond acceptors (Lipinski definition) is 3. The van der Waals surface area contributed by atoms with Gasteiger partial charge >= 0.3 is 6.03 Å². The van der Waals surface area contributed by atoms with Crippen molar-refractivity contribution in [3.8, 4) is 0 Å². The Morgan fingerprint density at radius 2 is 1.90 bits per heavy atom. The van der Waals surface area contributed by atoms with Crippen LogP contribution in [-0.4, -0.2) is 25.5 Å². The number of hydrogen-bond donors (Lipinski definition) is 3. The lowest BCUT2D eigenvalue weighted by molar-refractivity contribution is 0.0963. The number of carbonyl (C=O) groups excluding carboxylic acids is 2. The lowest BCUT2D eigenvalue weighted by Crippen LogP contribution is -2.30. The minimum Gasteiger partial charge on any atom is -0.355 e. The van der Waals surface area contributed by atoms with Crippen molar-refractivity contribution < 1.29 is 9.59 Å². The zero-order chi connectivity index (χ0) is 15.1. The fourth-order valence-corrected chi connectivity index (χ4v) is 2.49. The zero-order valence-electron chi connectivity index (χ0n) is 11.7. The Morgan fingerprint density at radius 1 is 1.14 bits per heavy atom. The Hall–Kier alpha value is -2.34. The van der Waals surface area contributed by atoms with Crippen molar-refractivity contribution in [3.63, 3.8) is 0 Å². The van der Waals surface area contributed by atoms with E-state index in [1.54, 1.807) is 42.6 Å². The third-order valence-electron chi connectivity index (χ3n) is 2.87. The monoisotopic (exact) mass is 303 g/mol. The van der Waals surface area contributed by atoms with E-state index in [9.17, 15) is 9.59 Å². The van der Waals surface area contributed by atoms with Crippen LogP contribution in [0.15, 0.2) is 41.8 Å². The first kappa shape index (κ1) is 15.1. The quantitative estimate of drug-likeness (QED) is 0.794. The minimum absolute atomic E-state index is 0.151. The average molecular weight is 303 g/mol. The Bertz CT molecular complexity index is 594.